The van der Waals surface area contributed by atoms with E-state index in [-0.39, 0.29) is 17.4 Å². The molecule has 2 amide bonds. The van der Waals surface area contributed by atoms with Crippen molar-refractivity contribution in [2.45, 2.75) is 117 Å². The molecule has 1 rings (SSSR count). The van der Waals surface area contributed by atoms with Gasteiger partial charge in [0.1, 0.15) is 0 Å². The number of esters is 1. The maximum atomic E-state index is 12.5. The molecule has 208 valence electrons. The van der Waals surface area contributed by atoms with Gasteiger partial charge in [-0.3, -0.25) is 9.59 Å². The molecule has 0 heterocycles. The monoisotopic (exact) mass is 514 g/mol. The molecule has 1 aromatic rings. The van der Waals surface area contributed by atoms with E-state index in [2.05, 4.69) is 36.6 Å². The number of unbranched alkanes of at least 4 members (excludes halogenated alkanes) is 12. The molecule has 0 aliphatic heterocycles. The minimum Gasteiger partial charge on any atom is -0.465 e. The minimum atomic E-state index is -0.547. The largest absolute Gasteiger partial charge is 0.465 e. The number of hydrogen-bond acceptors (Lipinski definition) is 4. The van der Waals surface area contributed by atoms with E-state index in [4.69, 9.17) is 4.74 Å². The van der Waals surface area contributed by atoms with Crippen LogP contribution in [0.3, 0.4) is 0 Å². The number of carbonyl (C=O) groups is 3. The molecule has 0 saturated heterocycles. The fraction of sp³-hybridized carbons (Fsp3) is 0.645. The van der Waals surface area contributed by atoms with Crippen molar-refractivity contribution in [2.24, 2.45) is 0 Å². The number of methoxy groups -OCH3 is 1. The van der Waals surface area contributed by atoms with Gasteiger partial charge in [-0.15, -0.1) is 0 Å². The highest BCUT2D eigenvalue weighted by atomic mass is 16.5. The number of ether oxygens (including phenoxy) is 1. The van der Waals surface area contributed by atoms with Crippen molar-refractivity contribution in [3.63, 3.8) is 0 Å². The number of carbonyl (C=O) groups excluding carboxylic acids is 3. The topological polar surface area (TPSA) is 84.5 Å². The van der Waals surface area contributed by atoms with Crippen molar-refractivity contribution in [1.82, 2.24) is 5.32 Å². The fourth-order valence-corrected chi connectivity index (χ4v) is 4.13. The van der Waals surface area contributed by atoms with E-state index in [9.17, 15) is 14.4 Å². The quantitative estimate of drug-likeness (QED) is 0.0989. The smallest absolute Gasteiger partial charge is 0.339 e. The summed E-state index contributed by atoms with van der Waals surface area (Å²) in [5.41, 5.74) is 0.957. The highest BCUT2D eigenvalue weighted by Gasteiger charge is 2.17. The average Bonchev–Trinajstić information content (AvgIpc) is 2.90. The Hall–Kier alpha value is -2.63. The second-order valence-electron chi connectivity index (χ2n) is 9.74. The van der Waals surface area contributed by atoms with Gasteiger partial charge in [0.2, 0.25) is 5.91 Å². The van der Waals surface area contributed by atoms with Crippen LogP contribution in [-0.4, -0.2) is 31.4 Å². The van der Waals surface area contributed by atoms with Gasteiger partial charge in [-0.1, -0.05) is 83.8 Å². The predicted octanol–water partition coefficient (Wildman–Crippen LogP) is 7.98. The maximum Gasteiger partial charge on any atom is 0.339 e. The molecule has 0 radical (unpaired) electrons. The van der Waals surface area contributed by atoms with Crippen LogP contribution in [0, 0.1) is 0 Å². The number of rotatable bonds is 21. The zero-order chi connectivity index (χ0) is 27.1. The molecule has 6 nitrogen and oxygen atoms in total. The molecule has 6 heteroatoms. The summed E-state index contributed by atoms with van der Waals surface area (Å²) in [5, 5.41) is 5.66. The van der Waals surface area contributed by atoms with Crippen LogP contribution in [0.5, 0.6) is 0 Å². The van der Waals surface area contributed by atoms with Gasteiger partial charge in [-0.25, -0.2) is 4.79 Å². The normalized spacial score (nSPS) is 11.0. The van der Waals surface area contributed by atoms with Crippen molar-refractivity contribution in [3.8, 4) is 0 Å². The molecule has 0 fully saturated rings. The number of amides is 2. The molecule has 0 saturated carbocycles. The van der Waals surface area contributed by atoms with Gasteiger partial charge < -0.3 is 15.4 Å². The summed E-state index contributed by atoms with van der Waals surface area (Å²) in [4.78, 5) is 37.1. The van der Waals surface area contributed by atoms with Crippen LogP contribution in [0.2, 0.25) is 0 Å². The first-order valence-corrected chi connectivity index (χ1v) is 14.5. The second kappa shape index (κ2) is 21.5. The highest BCUT2D eigenvalue weighted by molar-refractivity contribution is 6.04. The van der Waals surface area contributed by atoms with E-state index in [1.165, 1.54) is 71.0 Å². The molecule has 37 heavy (non-hydrogen) atoms. The Bertz CT molecular complexity index is 819. The van der Waals surface area contributed by atoms with Crippen LogP contribution in [-0.2, 0) is 9.53 Å². The summed E-state index contributed by atoms with van der Waals surface area (Å²) < 4.78 is 4.83. The second-order valence-corrected chi connectivity index (χ2v) is 9.74. The standard InChI is InChI=1S/C31H50N2O4/c1-4-6-8-9-10-11-12-13-14-15-16-17-18-19-20-21-29(34)33-28-25-26(30(35)32-24-7-5-2)22-23-27(28)31(36)37-3/h13-14,22-23,25H,4-12,15-21,24H2,1-3H3,(H,32,35)(H,33,34)/b14-13-. The Morgan fingerprint density at radius 1 is 0.784 bits per heavy atom. The maximum absolute atomic E-state index is 12.5. The van der Waals surface area contributed by atoms with E-state index in [0.717, 1.165) is 38.5 Å². The minimum absolute atomic E-state index is 0.161. The van der Waals surface area contributed by atoms with Gasteiger partial charge in [0.05, 0.1) is 18.4 Å². The first kappa shape index (κ1) is 32.4. The third kappa shape index (κ3) is 15.3. The Morgan fingerprint density at radius 3 is 2.00 bits per heavy atom. The Kier molecular flexibility index (Phi) is 18.8. The first-order valence-electron chi connectivity index (χ1n) is 14.5. The first-order chi connectivity index (χ1) is 18.0. The Labute approximate surface area is 225 Å². The molecule has 1 aromatic carbocycles. The molecule has 0 spiro atoms. The molecule has 0 atom stereocenters. The number of anilines is 1. The summed E-state index contributed by atoms with van der Waals surface area (Å²) in [6.07, 6.45) is 22.6. The molecule has 0 aliphatic rings. The van der Waals surface area contributed by atoms with Crippen molar-refractivity contribution in [1.29, 1.82) is 0 Å². The number of nitrogens with one attached hydrogen (secondary N) is 2. The SMILES string of the molecule is CCCCCCCC/C=C\CCCCCCCC(=O)Nc1cc(C(=O)NCCCC)ccc1C(=O)OC. The lowest BCUT2D eigenvalue weighted by molar-refractivity contribution is -0.116. The summed E-state index contributed by atoms with van der Waals surface area (Å²) >= 11 is 0. The third-order valence-electron chi connectivity index (χ3n) is 6.44. The van der Waals surface area contributed by atoms with Crippen LogP contribution in [0.25, 0.3) is 0 Å². The summed E-state index contributed by atoms with van der Waals surface area (Å²) in [7, 11) is 1.30. The van der Waals surface area contributed by atoms with E-state index < -0.39 is 5.97 Å². The van der Waals surface area contributed by atoms with Crippen LogP contribution in [0.1, 0.15) is 137 Å². The molecule has 0 aliphatic carbocycles. The van der Waals surface area contributed by atoms with Gasteiger partial charge in [-0.2, -0.15) is 0 Å². The Balaban J connectivity index is 2.31. The fourth-order valence-electron chi connectivity index (χ4n) is 4.13. The average molecular weight is 515 g/mol. The molecule has 2 N–H and O–H groups in total. The highest BCUT2D eigenvalue weighted by Crippen LogP contribution is 2.20. The zero-order valence-electron chi connectivity index (χ0n) is 23.5. The molecule has 0 unspecified atom stereocenters. The van der Waals surface area contributed by atoms with Crippen molar-refractivity contribution in [2.75, 3.05) is 19.0 Å². The van der Waals surface area contributed by atoms with Crippen molar-refractivity contribution < 1.29 is 19.1 Å². The van der Waals surface area contributed by atoms with Crippen LogP contribution < -0.4 is 10.6 Å². The van der Waals surface area contributed by atoms with Crippen molar-refractivity contribution in [3.05, 3.63) is 41.5 Å². The van der Waals surface area contributed by atoms with Crippen LogP contribution in [0.15, 0.2) is 30.4 Å². The van der Waals surface area contributed by atoms with Crippen molar-refractivity contribution >= 4 is 23.5 Å². The van der Waals surface area contributed by atoms with Gasteiger partial charge in [0.25, 0.3) is 5.91 Å². The third-order valence-corrected chi connectivity index (χ3v) is 6.44. The molecule has 0 aromatic heterocycles. The number of benzene rings is 1. The van der Waals surface area contributed by atoms with Gasteiger partial charge in [-0.05, 0) is 56.7 Å². The molecular weight excluding hydrogens is 464 g/mol. The van der Waals surface area contributed by atoms with Crippen LogP contribution in [0.4, 0.5) is 5.69 Å². The van der Waals surface area contributed by atoms with E-state index >= 15 is 0 Å². The lowest BCUT2D eigenvalue weighted by Crippen LogP contribution is -2.25. The number of hydrogen-bond donors (Lipinski definition) is 2. The van der Waals surface area contributed by atoms with E-state index in [1.807, 2.05) is 0 Å². The van der Waals surface area contributed by atoms with E-state index in [1.54, 1.807) is 12.1 Å². The molecular formula is C31H50N2O4. The zero-order valence-corrected chi connectivity index (χ0v) is 23.5. The van der Waals surface area contributed by atoms with Gasteiger partial charge in [0, 0.05) is 18.5 Å². The Morgan fingerprint density at radius 2 is 1.38 bits per heavy atom. The molecule has 0 bridgehead atoms. The summed E-state index contributed by atoms with van der Waals surface area (Å²) in [5.74, 6) is -0.932. The van der Waals surface area contributed by atoms with Gasteiger partial charge in [0.15, 0.2) is 0 Å². The van der Waals surface area contributed by atoms with Gasteiger partial charge >= 0.3 is 5.97 Å². The lowest BCUT2D eigenvalue weighted by atomic mass is 10.1. The van der Waals surface area contributed by atoms with E-state index in [0.29, 0.717) is 24.2 Å². The summed E-state index contributed by atoms with van der Waals surface area (Å²) in [6, 6.07) is 4.65. The lowest BCUT2D eigenvalue weighted by Gasteiger charge is -2.12. The number of allylic oxidation sites excluding steroid dienone is 2. The van der Waals surface area contributed by atoms with Crippen LogP contribution >= 0.6 is 0 Å². The predicted molar refractivity (Wildman–Crippen MR) is 153 cm³/mol. The summed E-state index contributed by atoms with van der Waals surface area (Å²) in [6.45, 7) is 4.90.